The van der Waals surface area contributed by atoms with E-state index in [0.717, 1.165) is 47.4 Å². The van der Waals surface area contributed by atoms with Crippen LogP contribution in [0.2, 0.25) is 10.0 Å². The molecule has 0 saturated carbocycles. The highest BCUT2D eigenvalue weighted by Crippen LogP contribution is 2.27. The Kier molecular flexibility index (Phi) is 6.06. The molecule has 168 valence electrons. The third kappa shape index (κ3) is 4.60. The monoisotopic (exact) mass is 479 g/mol. The zero-order chi connectivity index (χ0) is 22.9. The van der Waals surface area contributed by atoms with Crippen molar-refractivity contribution in [3.05, 3.63) is 82.1 Å². The quantitative estimate of drug-likeness (QED) is 0.417. The van der Waals surface area contributed by atoms with Gasteiger partial charge in [-0.15, -0.1) is 0 Å². The van der Waals surface area contributed by atoms with Crippen molar-refractivity contribution < 1.29 is 4.79 Å². The van der Waals surface area contributed by atoms with Gasteiger partial charge in [0.1, 0.15) is 0 Å². The third-order valence-electron chi connectivity index (χ3n) is 6.00. The van der Waals surface area contributed by atoms with Crippen molar-refractivity contribution in [2.45, 2.75) is 6.54 Å². The van der Waals surface area contributed by atoms with Crippen molar-refractivity contribution in [3.63, 3.8) is 0 Å². The van der Waals surface area contributed by atoms with Crippen LogP contribution in [0.4, 0.5) is 0 Å². The average molecular weight is 480 g/mol. The summed E-state index contributed by atoms with van der Waals surface area (Å²) in [6.07, 6.45) is 3.68. The van der Waals surface area contributed by atoms with Crippen molar-refractivity contribution in [2.75, 3.05) is 26.2 Å². The minimum Gasteiger partial charge on any atom is -0.336 e. The second kappa shape index (κ2) is 9.14. The fraction of sp³-hybridized carbons (Fsp3) is 0.240. The molecular weight excluding hydrogens is 457 g/mol. The van der Waals surface area contributed by atoms with Crippen LogP contribution in [0, 0.1) is 0 Å². The van der Waals surface area contributed by atoms with Crippen LogP contribution in [0.25, 0.3) is 22.2 Å². The van der Waals surface area contributed by atoms with Crippen LogP contribution in [0.5, 0.6) is 0 Å². The number of para-hydroxylation sites is 1. The van der Waals surface area contributed by atoms with E-state index in [2.05, 4.69) is 10.00 Å². The van der Waals surface area contributed by atoms with Crippen molar-refractivity contribution in [1.82, 2.24) is 24.6 Å². The largest absolute Gasteiger partial charge is 0.336 e. The number of fused-ring (bicyclic) bond motifs is 1. The lowest BCUT2D eigenvalue weighted by atomic mass is 10.0. The zero-order valence-electron chi connectivity index (χ0n) is 18.2. The van der Waals surface area contributed by atoms with Gasteiger partial charge in [-0.3, -0.25) is 14.4 Å². The maximum atomic E-state index is 13.6. The number of rotatable bonds is 4. The van der Waals surface area contributed by atoms with E-state index < -0.39 is 0 Å². The minimum atomic E-state index is 0.0351. The molecule has 5 rings (SSSR count). The van der Waals surface area contributed by atoms with Crippen LogP contribution >= 0.6 is 23.2 Å². The molecule has 1 saturated heterocycles. The summed E-state index contributed by atoms with van der Waals surface area (Å²) in [6, 6.07) is 15.4. The summed E-state index contributed by atoms with van der Waals surface area (Å²) in [4.78, 5) is 22.6. The van der Waals surface area contributed by atoms with Crippen LogP contribution in [-0.4, -0.2) is 56.7 Å². The second-order valence-electron chi connectivity index (χ2n) is 8.29. The number of nitrogens with zero attached hydrogens (tertiary/aromatic N) is 5. The number of hydrogen-bond acceptors (Lipinski definition) is 4. The first kappa shape index (κ1) is 21.9. The number of halogens is 2. The number of pyridine rings is 1. The molecule has 0 bridgehead atoms. The lowest BCUT2D eigenvalue weighted by Gasteiger charge is -2.35. The zero-order valence-corrected chi connectivity index (χ0v) is 19.7. The Bertz CT molecular complexity index is 1330. The highest BCUT2D eigenvalue weighted by atomic mass is 35.5. The van der Waals surface area contributed by atoms with E-state index in [4.69, 9.17) is 28.2 Å². The molecule has 0 unspecified atom stereocenters. The highest BCUT2D eigenvalue weighted by Gasteiger charge is 2.24. The fourth-order valence-corrected chi connectivity index (χ4v) is 4.55. The van der Waals surface area contributed by atoms with Gasteiger partial charge in [-0.05, 0) is 29.8 Å². The molecule has 2 aromatic heterocycles. The number of aromatic nitrogens is 3. The summed E-state index contributed by atoms with van der Waals surface area (Å²) in [6.45, 7) is 3.70. The number of benzene rings is 2. The molecule has 0 N–H and O–H groups in total. The van der Waals surface area contributed by atoms with E-state index >= 15 is 0 Å². The van der Waals surface area contributed by atoms with Crippen LogP contribution in [0.1, 0.15) is 15.9 Å². The predicted octanol–water partition coefficient (Wildman–Crippen LogP) is 4.90. The SMILES string of the molecule is Cn1cc(-c2cc(C(=O)N3CCN(Cc4ccc(Cl)c(Cl)c4)CC3)c3ccccc3n2)cn1. The highest BCUT2D eigenvalue weighted by molar-refractivity contribution is 6.42. The Labute approximate surface area is 202 Å². The van der Waals surface area contributed by atoms with Crippen LogP contribution in [0.15, 0.2) is 60.9 Å². The van der Waals surface area contributed by atoms with Crippen molar-refractivity contribution in [1.29, 1.82) is 0 Å². The van der Waals surface area contributed by atoms with E-state index in [1.807, 2.05) is 66.7 Å². The molecule has 1 aliphatic rings. The van der Waals surface area contributed by atoms with Crippen molar-refractivity contribution >= 4 is 40.0 Å². The lowest BCUT2D eigenvalue weighted by Crippen LogP contribution is -2.48. The maximum absolute atomic E-state index is 13.6. The number of amides is 1. The normalized spacial score (nSPS) is 14.7. The Morgan fingerprint density at radius 2 is 1.79 bits per heavy atom. The van der Waals surface area contributed by atoms with E-state index in [0.29, 0.717) is 28.7 Å². The van der Waals surface area contributed by atoms with Gasteiger partial charge in [0.2, 0.25) is 0 Å². The molecule has 33 heavy (non-hydrogen) atoms. The van der Waals surface area contributed by atoms with Gasteiger partial charge in [0.25, 0.3) is 5.91 Å². The Morgan fingerprint density at radius 1 is 1.00 bits per heavy atom. The Hall–Kier alpha value is -2.93. The minimum absolute atomic E-state index is 0.0351. The molecule has 4 aromatic rings. The summed E-state index contributed by atoms with van der Waals surface area (Å²) >= 11 is 12.2. The molecular formula is C25H23Cl2N5O. The van der Waals surface area contributed by atoms with E-state index in [9.17, 15) is 4.79 Å². The number of carbonyl (C=O) groups is 1. The van der Waals surface area contributed by atoms with Gasteiger partial charge < -0.3 is 4.90 Å². The van der Waals surface area contributed by atoms with Gasteiger partial charge >= 0.3 is 0 Å². The molecule has 1 fully saturated rings. The summed E-state index contributed by atoms with van der Waals surface area (Å²) in [5.41, 5.74) is 4.25. The molecule has 0 aliphatic carbocycles. The van der Waals surface area contributed by atoms with Gasteiger partial charge in [-0.25, -0.2) is 4.98 Å². The first-order valence-corrected chi connectivity index (χ1v) is 11.6. The molecule has 0 spiro atoms. The fourth-order valence-electron chi connectivity index (χ4n) is 4.23. The molecule has 0 atom stereocenters. The predicted molar refractivity (Wildman–Crippen MR) is 132 cm³/mol. The maximum Gasteiger partial charge on any atom is 0.254 e. The molecule has 0 radical (unpaired) electrons. The molecule has 3 heterocycles. The van der Waals surface area contributed by atoms with Crippen LogP contribution in [0.3, 0.4) is 0 Å². The molecule has 8 heteroatoms. The van der Waals surface area contributed by atoms with Gasteiger partial charge in [0.05, 0.1) is 33.0 Å². The first-order chi connectivity index (χ1) is 16.0. The summed E-state index contributed by atoms with van der Waals surface area (Å²) < 4.78 is 1.74. The molecule has 1 aliphatic heterocycles. The molecule has 6 nitrogen and oxygen atoms in total. The van der Waals surface area contributed by atoms with Crippen molar-refractivity contribution in [2.24, 2.45) is 7.05 Å². The van der Waals surface area contributed by atoms with Crippen LogP contribution in [-0.2, 0) is 13.6 Å². The van der Waals surface area contributed by atoms with Crippen LogP contribution < -0.4 is 0 Å². The topological polar surface area (TPSA) is 54.3 Å². The molecule has 2 aromatic carbocycles. The number of aryl methyl sites for hydroxylation is 1. The van der Waals surface area contributed by atoms with Gasteiger partial charge in [-0.1, -0.05) is 47.5 Å². The standard InChI is InChI=1S/C25H23Cl2N5O/c1-30-16-18(14-28-30)24-13-20(19-4-2-3-5-23(19)29-24)25(33)32-10-8-31(9-11-32)15-17-6-7-21(26)22(27)12-17/h2-7,12-14,16H,8-11,15H2,1H3. The Balaban J connectivity index is 1.35. The number of hydrogen-bond donors (Lipinski definition) is 0. The summed E-state index contributed by atoms with van der Waals surface area (Å²) in [5, 5.41) is 6.25. The molecule has 1 amide bonds. The Morgan fingerprint density at radius 3 is 2.52 bits per heavy atom. The van der Waals surface area contributed by atoms with E-state index in [1.165, 1.54) is 0 Å². The van der Waals surface area contributed by atoms with Gasteiger partial charge in [0.15, 0.2) is 0 Å². The van der Waals surface area contributed by atoms with E-state index in [1.54, 1.807) is 10.9 Å². The van der Waals surface area contributed by atoms with Crippen molar-refractivity contribution in [3.8, 4) is 11.3 Å². The van der Waals surface area contributed by atoms with Gasteiger partial charge in [-0.2, -0.15) is 5.10 Å². The lowest BCUT2D eigenvalue weighted by molar-refractivity contribution is 0.0630. The first-order valence-electron chi connectivity index (χ1n) is 10.8. The third-order valence-corrected chi connectivity index (χ3v) is 6.74. The summed E-state index contributed by atoms with van der Waals surface area (Å²) in [7, 11) is 1.87. The van der Waals surface area contributed by atoms with E-state index in [-0.39, 0.29) is 5.91 Å². The smallest absolute Gasteiger partial charge is 0.254 e. The number of piperazine rings is 1. The summed E-state index contributed by atoms with van der Waals surface area (Å²) in [5.74, 6) is 0.0351. The van der Waals surface area contributed by atoms with Gasteiger partial charge in [0, 0.05) is 56.9 Å². The number of carbonyl (C=O) groups excluding carboxylic acids is 1. The average Bonchev–Trinajstić information content (AvgIpc) is 3.27. The second-order valence-corrected chi connectivity index (χ2v) is 9.11.